The molecule has 2 rings (SSSR count). The highest BCUT2D eigenvalue weighted by Gasteiger charge is 2.21. The summed E-state index contributed by atoms with van der Waals surface area (Å²) in [6.07, 6.45) is 0. The van der Waals surface area contributed by atoms with Gasteiger partial charge in [-0.1, -0.05) is 6.92 Å². The average Bonchev–Trinajstić information content (AvgIpc) is 2.41. The molecule has 1 aromatic carbocycles. The molecule has 0 aliphatic carbocycles. The fraction of sp³-hybridized carbons (Fsp3) is 0.462. The van der Waals surface area contributed by atoms with Crippen LogP contribution in [0, 0.1) is 0 Å². The normalized spacial score (nSPS) is 16.8. The van der Waals surface area contributed by atoms with E-state index in [1.807, 2.05) is 4.90 Å². The van der Waals surface area contributed by atoms with E-state index in [1.54, 1.807) is 12.1 Å². The van der Waals surface area contributed by atoms with Crippen molar-refractivity contribution in [3.8, 4) is 5.75 Å². The van der Waals surface area contributed by atoms with Crippen LogP contribution >= 0.6 is 0 Å². The SMILES string of the molecule is CCN1CCN(C(=O)c2ccc(N)c(O)c2)CC1. The lowest BCUT2D eigenvalue weighted by Crippen LogP contribution is -2.48. The number of rotatable bonds is 2. The highest BCUT2D eigenvalue weighted by atomic mass is 16.3. The number of nitrogens with zero attached hydrogens (tertiary/aromatic N) is 2. The first-order valence-electron chi connectivity index (χ1n) is 6.22. The first-order valence-corrected chi connectivity index (χ1v) is 6.22. The molecule has 0 atom stereocenters. The summed E-state index contributed by atoms with van der Waals surface area (Å²) in [5.74, 6) is -0.0749. The van der Waals surface area contributed by atoms with E-state index in [-0.39, 0.29) is 11.7 Å². The van der Waals surface area contributed by atoms with Crippen molar-refractivity contribution in [2.75, 3.05) is 38.5 Å². The molecule has 1 fully saturated rings. The van der Waals surface area contributed by atoms with Crippen molar-refractivity contribution in [2.24, 2.45) is 0 Å². The summed E-state index contributed by atoms with van der Waals surface area (Å²) in [5.41, 5.74) is 6.31. The van der Waals surface area contributed by atoms with Crippen LogP contribution in [0.3, 0.4) is 0 Å². The van der Waals surface area contributed by atoms with Crippen molar-refractivity contribution in [3.05, 3.63) is 23.8 Å². The predicted octanol–water partition coefficient (Wildman–Crippen LogP) is 0.752. The maximum atomic E-state index is 12.2. The van der Waals surface area contributed by atoms with Crippen LogP contribution in [0.5, 0.6) is 5.75 Å². The molecule has 1 saturated heterocycles. The number of anilines is 1. The van der Waals surface area contributed by atoms with E-state index >= 15 is 0 Å². The molecule has 5 heteroatoms. The third-order valence-electron chi connectivity index (χ3n) is 3.38. The van der Waals surface area contributed by atoms with Gasteiger partial charge in [-0.25, -0.2) is 0 Å². The Hall–Kier alpha value is -1.75. The van der Waals surface area contributed by atoms with Gasteiger partial charge in [0, 0.05) is 31.7 Å². The summed E-state index contributed by atoms with van der Waals surface area (Å²) in [7, 11) is 0. The molecule has 1 aliphatic heterocycles. The van der Waals surface area contributed by atoms with Gasteiger partial charge >= 0.3 is 0 Å². The number of piperazine rings is 1. The molecule has 0 saturated carbocycles. The minimum absolute atomic E-state index is 0.0342. The molecule has 0 unspecified atom stereocenters. The highest BCUT2D eigenvalue weighted by Crippen LogP contribution is 2.21. The lowest BCUT2D eigenvalue weighted by Gasteiger charge is -2.34. The van der Waals surface area contributed by atoms with Gasteiger partial charge in [0.25, 0.3) is 5.91 Å². The first kappa shape index (κ1) is 12.7. The summed E-state index contributed by atoms with van der Waals surface area (Å²) < 4.78 is 0. The fourth-order valence-electron chi connectivity index (χ4n) is 2.13. The second kappa shape index (κ2) is 5.27. The number of benzene rings is 1. The Morgan fingerprint density at radius 3 is 2.56 bits per heavy atom. The molecule has 0 spiro atoms. The number of nitrogen functional groups attached to an aromatic ring is 1. The molecule has 0 radical (unpaired) electrons. The van der Waals surface area contributed by atoms with Crippen molar-refractivity contribution >= 4 is 11.6 Å². The molecule has 1 heterocycles. The molecule has 1 amide bonds. The summed E-state index contributed by atoms with van der Waals surface area (Å²) in [6, 6.07) is 4.65. The Balaban J connectivity index is 2.05. The summed E-state index contributed by atoms with van der Waals surface area (Å²) in [5, 5.41) is 9.52. The minimum atomic E-state index is -0.0407. The number of amides is 1. The molecule has 1 aliphatic rings. The van der Waals surface area contributed by atoms with E-state index in [1.165, 1.54) is 6.07 Å². The molecule has 3 N–H and O–H groups in total. The zero-order chi connectivity index (χ0) is 13.1. The largest absolute Gasteiger partial charge is 0.506 e. The average molecular weight is 249 g/mol. The monoisotopic (exact) mass is 249 g/mol. The van der Waals surface area contributed by atoms with Crippen LogP contribution in [0.25, 0.3) is 0 Å². The quantitative estimate of drug-likeness (QED) is 0.599. The van der Waals surface area contributed by atoms with E-state index in [4.69, 9.17) is 5.73 Å². The molecule has 5 nitrogen and oxygen atoms in total. The molecule has 18 heavy (non-hydrogen) atoms. The zero-order valence-corrected chi connectivity index (χ0v) is 10.6. The van der Waals surface area contributed by atoms with E-state index in [0.29, 0.717) is 11.3 Å². The van der Waals surface area contributed by atoms with E-state index in [2.05, 4.69) is 11.8 Å². The van der Waals surface area contributed by atoms with Gasteiger partial charge in [0.15, 0.2) is 0 Å². The van der Waals surface area contributed by atoms with Gasteiger partial charge in [0.1, 0.15) is 5.75 Å². The molecule has 98 valence electrons. The Kier molecular flexibility index (Phi) is 3.72. The van der Waals surface area contributed by atoms with E-state index in [0.717, 1.165) is 32.7 Å². The summed E-state index contributed by atoms with van der Waals surface area (Å²) in [4.78, 5) is 16.3. The van der Waals surface area contributed by atoms with Crippen LogP contribution in [-0.2, 0) is 0 Å². The third kappa shape index (κ3) is 2.56. The van der Waals surface area contributed by atoms with Gasteiger partial charge in [-0.3, -0.25) is 4.79 Å². The van der Waals surface area contributed by atoms with Crippen LogP contribution in [0.4, 0.5) is 5.69 Å². The smallest absolute Gasteiger partial charge is 0.254 e. The Morgan fingerprint density at radius 1 is 1.33 bits per heavy atom. The molecule has 0 aromatic heterocycles. The number of nitrogens with two attached hydrogens (primary N) is 1. The van der Waals surface area contributed by atoms with Gasteiger partial charge in [0.05, 0.1) is 5.69 Å². The number of hydrogen-bond acceptors (Lipinski definition) is 4. The van der Waals surface area contributed by atoms with Crippen LogP contribution in [0.15, 0.2) is 18.2 Å². The molecule has 1 aromatic rings. The maximum absolute atomic E-state index is 12.2. The topological polar surface area (TPSA) is 69.8 Å². The Morgan fingerprint density at radius 2 is 2.00 bits per heavy atom. The lowest BCUT2D eigenvalue weighted by molar-refractivity contribution is 0.0643. The number of phenolic OH excluding ortho intramolecular Hbond substituents is 1. The van der Waals surface area contributed by atoms with Gasteiger partial charge in [-0.2, -0.15) is 0 Å². The summed E-state index contributed by atoms with van der Waals surface area (Å²) >= 11 is 0. The van der Waals surface area contributed by atoms with Crippen molar-refractivity contribution < 1.29 is 9.90 Å². The lowest BCUT2D eigenvalue weighted by atomic mass is 10.1. The number of likely N-dealkylation sites (N-methyl/N-ethyl adjacent to an activating group) is 1. The van der Waals surface area contributed by atoms with Gasteiger partial charge < -0.3 is 20.6 Å². The number of phenols is 1. The Bertz CT molecular complexity index is 440. The molecular weight excluding hydrogens is 230 g/mol. The van der Waals surface area contributed by atoms with E-state index < -0.39 is 0 Å². The van der Waals surface area contributed by atoms with Crippen molar-refractivity contribution in [1.29, 1.82) is 0 Å². The van der Waals surface area contributed by atoms with Crippen LogP contribution in [0.2, 0.25) is 0 Å². The van der Waals surface area contributed by atoms with Crippen LogP contribution in [-0.4, -0.2) is 53.5 Å². The maximum Gasteiger partial charge on any atom is 0.254 e. The fourth-order valence-corrected chi connectivity index (χ4v) is 2.13. The highest BCUT2D eigenvalue weighted by molar-refractivity contribution is 5.95. The Labute approximate surface area is 107 Å². The van der Waals surface area contributed by atoms with Gasteiger partial charge in [-0.05, 0) is 24.7 Å². The predicted molar refractivity (Wildman–Crippen MR) is 70.5 cm³/mol. The van der Waals surface area contributed by atoms with Crippen molar-refractivity contribution in [3.63, 3.8) is 0 Å². The molecule has 0 bridgehead atoms. The number of carbonyl (C=O) groups excluding carboxylic acids is 1. The molecular formula is C13H19N3O2. The summed E-state index contributed by atoms with van der Waals surface area (Å²) in [6.45, 7) is 6.42. The van der Waals surface area contributed by atoms with Crippen molar-refractivity contribution in [1.82, 2.24) is 9.80 Å². The standard InChI is InChI=1S/C13H19N3O2/c1-2-15-5-7-16(8-6-15)13(18)10-3-4-11(14)12(17)9-10/h3-4,9,17H,2,5-8,14H2,1H3. The van der Waals surface area contributed by atoms with E-state index in [9.17, 15) is 9.90 Å². The van der Waals surface area contributed by atoms with Gasteiger partial charge in [-0.15, -0.1) is 0 Å². The number of carbonyl (C=O) groups is 1. The number of hydrogen-bond donors (Lipinski definition) is 2. The number of aromatic hydroxyl groups is 1. The minimum Gasteiger partial charge on any atom is -0.506 e. The van der Waals surface area contributed by atoms with Crippen molar-refractivity contribution in [2.45, 2.75) is 6.92 Å². The zero-order valence-electron chi connectivity index (χ0n) is 10.6. The first-order chi connectivity index (χ1) is 8.61. The van der Waals surface area contributed by atoms with Gasteiger partial charge in [0.2, 0.25) is 0 Å². The van der Waals surface area contributed by atoms with Crippen LogP contribution < -0.4 is 5.73 Å². The van der Waals surface area contributed by atoms with Crippen LogP contribution in [0.1, 0.15) is 17.3 Å². The third-order valence-corrected chi connectivity index (χ3v) is 3.38. The second-order valence-electron chi connectivity index (χ2n) is 4.50. The second-order valence-corrected chi connectivity index (χ2v) is 4.50.